The van der Waals surface area contributed by atoms with E-state index in [9.17, 15) is 14.4 Å². The number of aryl methyl sites for hydroxylation is 1. The number of aliphatic carboxylic acids is 1. The number of benzene rings is 1. The van der Waals surface area contributed by atoms with Gasteiger partial charge in [0.2, 0.25) is 0 Å². The summed E-state index contributed by atoms with van der Waals surface area (Å²) in [5.74, 6) is -0.109. The van der Waals surface area contributed by atoms with Crippen molar-refractivity contribution in [3.8, 4) is 12.8 Å². The van der Waals surface area contributed by atoms with Gasteiger partial charge < -0.3 is 26.0 Å². The van der Waals surface area contributed by atoms with E-state index in [2.05, 4.69) is 38.8 Å². The van der Waals surface area contributed by atoms with Crippen molar-refractivity contribution in [3.05, 3.63) is 57.0 Å². The van der Waals surface area contributed by atoms with Gasteiger partial charge in [0.15, 0.2) is 6.29 Å². The lowest BCUT2D eigenvalue weighted by Crippen LogP contribution is -2.16. The van der Waals surface area contributed by atoms with Crippen LogP contribution in [0.2, 0.25) is 0 Å². The lowest BCUT2D eigenvalue weighted by Gasteiger charge is -2.17. The van der Waals surface area contributed by atoms with E-state index in [4.69, 9.17) is 5.11 Å². The number of fused-ring (bicyclic) bond motifs is 1. The number of H-pyrrole nitrogens is 1. The molecule has 0 aliphatic heterocycles. The Kier molecular flexibility index (Phi) is 20.0. The number of rotatable bonds is 8. The number of hydrogen-bond donors (Lipinski definition) is 4. The Bertz CT molecular complexity index is 1110. The lowest BCUT2D eigenvalue weighted by molar-refractivity contribution is -0.137. The molecule has 0 atom stereocenters. The minimum Gasteiger partial charge on any atom is -0.481 e. The number of terminal acetylenes is 1. The predicted molar refractivity (Wildman–Crippen MR) is 151 cm³/mol. The van der Waals surface area contributed by atoms with Crippen LogP contribution in [0.15, 0.2) is 35.1 Å². The number of aldehydes is 1. The standard InChI is InChI=1S/C16H15N3O2S.C5H11NO2.C2H6.C2H2.CH5N/c1-10-17-14-5-3-11(7-13(14)16(21)18-10)8-19(2)15-6-4-12(9-20)22-15;1-6-4-2-3-5(7)8;3*1-2/h3-7,9H,8H2,1-2H3,(H,17,18,21);6H,2-4H2,1H3,(H,7,8);1-2H3;1-2H;2H2,1H3. The Morgan fingerprint density at radius 1 is 1.25 bits per heavy atom. The minimum absolute atomic E-state index is 0.119. The number of hydrogen-bond acceptors (Lipinski definition) is 8. The summed E-state index contributed by atoms with van der Waals surface area (Å²) >= 11 is 1.45. The zero-order chi connectivity index (χ0) is 28.1. The first-order valence-electron chi connectivity index (χ1n) is 11.4. The number of carboxylic acids is 1. The maximum Gasteiger partial charge on any atom is 0.303 e. The molecule has 5 N–H and O–H groups in total. The van der Waals surface area contributed by atoms with Crippen LogP contribution in [0.3, 0.4) is 0 Å². The van der Waals surface area contributed by atoms with Crippen molar-refractivity contribution < 1.29 is 14.7 Å². The summed E-state index contributed by atoms with van der Waals surface area (Å²) in [6.45, 7) is 7.21. The molecule has 0 saturated carbocycles. The first kappa shape index (κ1) is 34.6. The highest BCUT2D eigenvalue weighted by molar-refractivity contribution is 7.17. The largest absolute Gasteiger partial charge is 0.481 e. The molecule has 3 rings (SSSR count). The summed E-state index contributed by atoms with van der Waals surface area (Å²) in [4.78, 5) is 42.4. The molecule has 2 aromatic heterocycles. The quantitative estimate of drug-likeness (QED) is 0.201. The molecule has 0 fully saturated rings. The van der Waals surface area contributed by atoms with Crippen LogP contribution in [-0.4, -0.2) is 55.0 Å². The maximum atomic E-state index is 12.0. The summed E-state index contributed by atoms with van der Waals surface area (Å²) in [7, 11) is 5.27. The fourth-order valence-electron chi connectivity index (χ4n) is 2.78. The maximum absolute atomic E-state index is 12.0. The van der Waals surface area contributed by atoms with Crippen LogP contribution in [0.1, 0.15) is 47.7 Å². The summed E-state index contributed by atoms with van der Waals surface area (Å²) in [5.41, 5.74) is 6.10. The third-order valence-corrected chi connectivity index (χ3v) is 5.36. The van der Waals surface area contributed by atoms with Crippen LogP contribution in [-0.2, 0) is 11.3 Å². The molecule has 9 nitrogen and oxygen atoms in total. The molecule has 0 radical (unpaired) electrons. The zero-order valence-electron chi connectivity index (χ0n) is 22.0. The van der Waals surface area contributed by atoms with Crippen LogP contribution in [0, 0.1) is 19.8 Å². The van der Waals surface area contributed by atoms with Gasteiger partial charge in [0.05, 0.1) is 20.8 Å². The number of carbonyl (C=O) groups excluding carboxylic acids is 1. The molecule has 10 heteroatoms. The molecule has 0 spiro atoms. The Morgan fingerprint density at radius 2 is 1.89 bits per heavy atom. The van der Waals surface area contributed by atoms with E-state index < -0.39 is 5.97 Å². The topological polar surface area (TPSA) is 141 Å². The summed E-state index contributed by atoms with van der Waals surface area (Å²) in [5, 5.41) is 12.6. The molecule has 1 aromatic carbocycles. The first-order chi connectivity index (χ1) is 17.3. The van der Waals surface area contributed by atoms with Gasteiger partial charge in [-0.05, 0) is 63.8 Å². The smallest absolute Gasteiger partial charge is 0.303 e. The molecule has 0 saturated heterocycles. The van der Waals surface area contributed by atoms with Crippen LogP contribution in [0.25, 0.3) is 10.9 Å². The van der Waals surface area contributed by atoms with Gasteiger partial charge in [-0.2, -0.15) is 0 Å². The van der Waals surface area contributed by atoms with Gasteiger partial charge in [0.25, 0.3) is 5.56 Å². The van der Waals surface area contributed by atoms with Gasteiger partial charge in [-0.15, -0.1) is 24.2 Å². The molecule has 2 heterocycles. The SMILES string of the molecule is C#C.CC.CN.CNCCCC(=O)O.Cc1nc2ccc(CN(C)c3ccc(C=O)s3)cc2c(=O)[nH]1. The highest BCUT2D eigenvalue weighted by atomic mass is 32.1. The van der Waals surface area contributed by atoms with Crippen LogP contribution < -0.4 is 21.5 Å². The molecule has 198 valence electrons. The summed E-state index contributed by atoms with van der Waals surface area (Å²) in [6.07, 6.45) is 9.83. The molecule has 36 heavy (non-hydrogen) atoms. The number of nitrogens with two attached hydrogens (primary N) is 1. The van der Waals surface area contributed by atoms with Gasteiger partial charge in [-0.3, -0.25) is 14.4 Å². The number of anilines is 1. The molecule has 0 amide bonds. The van der Waals surface area contributed by atoms with Crippen molar-refractivity contribution in [2.24, 2.45) is 5.73 Å². The average molecular weight is 518 g/mol. The second kappa shape index (κ2) is 20.8. The van der Waals surface area contributed by atoms with Crippen LogP contribution >= 0.6 is 11.3 Å². The van der Waals surface area contributed by atoms with Gasteiger partial charge in [-0.25, -0.2) is 4.98 Å². The van der Waals surface area contributed by atoms with E-state index >= 15 is 0 Å². The van der Waals surface area contributed by atoms with Crippen LogP contribution in [0.4, 0.5) is 5.00 Å². The second-order valence-corrected chi connectivity index (χ2v) is 7.85. The van der Waals surface area contributed by atoms with Crippen molar-refractivity contribution in [3.63, 3.8) is 0 Å². The van der Waals surface area contributed by atoms with Gasteiger partial charge in [-0.1, -0.05) is 19.9 Å². The highest BCUT2D eigenvalue weighted by Gasteiger charge is 2.08. The Hall–Kier alpha value is -3.52. The molecule has 0 aliphatic rings. The van der Waals surface area contributed by atoms with E-state index in [1.165, 1.54) is 18.4 Å². The van der Waals surface area contributed by atoms with E-state index in [-0.39, 0.29) is 12.0 Å². The third-order valence-electron chi connectivity index (χ3n) is 4.23. The lowest BCUT2D eigenvalue weighted by atomic mass is 10.1. The highest BCUT2D eigenvalue weighted by Crippen LogP contribution is 2.25. The van der Waals surface area contributed by atoms with Crippen molar-refractivity contribution in [1.29, 1.82) is 0 Å². The number of nitrogens with one attached hydrogen (secondary N) is 2. The van der Waals surface area contributed by atoms with E-state index in [1.54, 1.807) is 13.0 Å². The Balaban J connectivity index is 0. The number of thiophene rings is 1. The van der Waals surface area contributed by atoms with E-state index in [0.29, 0.717) is 34.6 Å². The predicted octanol–water partition coefficient (Wildman–Crippen LogP) is 3.66. The molecule has 0 unspecified atom stereocenters. The van der Waals surface area contributed by atoms with Gasteiger partial charge in [0, 0.05) is 20.0 Å². The first-order valence-corrected chi connectivity index (χ1v) is 12.2. The molecule has 3 aromatic rings. The van der Waals surface area contributed by atoms with Crippen molar-refractivity contribution in [2.45, 2.75) is 40.2 Å². The Labute approximate surface area is 217 Å². The van der Waals surface area contributed by atoms with Crippen LogP contribution in [0.5, 0.6) is 0 Å². The number of nitrogens with zero attached hydrogens (tertiary/aromatic N) is 2. The van der Waals surface area contributed by atoms with Gasteiger partial charge >= 0.3 is 5.97 Å². The normalized spacial score (nSPS) is 9.03. The number of carbonyl (C=O) groups is 2. The summed E-state index contributed by atoms with van der Waals surface area (Å²) in [6, 6.07) is 9.44. The van der Waals surface area contributed by atoms with E-state index in [1.807, 2.05) is 52.2 Å². The third kappa shape index (κ3) is 12.8. The van der Waals surface area contributed by atoms with Crippen molar-refractivity contribution in [2.75, 3.05) is 32.6 Å². The number of aromatic nitrogens is 2. The molecular formula is C26H39N5O4S. The second-order valence-electron chi connectivity index (χ2n) is 6.75. The van der Waals surface area contributed by atoms with Crippen molar-refractivity contribution >= 4 is 39.5 Å². The monoisotopic (exact) mass is 517 g/mol. The average Bonchev–Trinajstić information content (AvgIpc) is 3.38. The Morgan fingerprint density at radius 3 is 2.42 bits per heavy atom. The van der Waals surface area contributed by atoms with Gasteiger partial charge in [0.1, 0.15) is 5.82 Å². The fourth-order valence-corrected chi connectivity index (χ4v) is 3.56. The summed E-state index contributed by atoms with van der Waals surface area (Å²) < 4.78 is 0. The van der Waals surface area contributed by atoms with Crippen molar-refractivity contribution in [1.82, 2.24) is 15.3 Å². The number of aromatic amines is 1. The molecular weight excluding hydrogens is 478 g/mol. The zero-order valence-corrected chi connectivity index (χ0v) is 22.8. The number of carboxylic acid groups (broad SMARTS) is 1. The van der Waals surface area contributed by atoms with E-state index in [0.717, 1.165) is 23.4 Å². The molecule has 0 bridgehead atoms. The molecule has 0 aliphatic carbocycles. The minimum atomic E-state index is -0.722. The fraction of sp³-hybridized carbons (Fsp3) is 0.385.